The first-order chi connectivity index (χ1) is 8.84. The van der Waals surface area contributed by atoms with Gasteiger partial charge in [-0.15, -0.1) is 0 Å². The summed E-state index contributed by atoms with van der Waals surface area (Å²) >= 11 is 2.27. The minimum atomic E-state index is 0.0782. The van der Waals surface area contributed by atoms with E-state index in [9.17, 15) is 4.79 Å². The molecule has 3 nitrogen and oxygen atoms in total. The smallest absolute Gasteiger partial charge is 0.224 e. The van der Waals surface area contributed by atoms with E-state index < -0.39 is 0 Å². The number of halogens is 1. The third kappa shape index (κ3) is 5.91. The van der Waals surface area contributed by atoms with Gasteiger partial charge >= 0.3 is 0 Å². The number of anilines is 1. The number of carbonyl (C=O) groups excluding carboxylic acids is 1. The molecule has 0 fully saturated rings. The van der Waals surface area contributed by atoms with Crippen LogP contribution in [0.15, 0.2) is 18.2 Å². The maximum absolute atomic E-state index is 12.0. The van der Waals surface area contributed by atoms with Crippen LogP contribution in [0.3, 0.4) is 0 Å². The van der Waals surface area contributed by atoms with Crippen LogP contribution in [0.25, 0.3) is 0 Å². The average Bonchev–Trinajstić information content (AvgIpc) is 2.30. The van der Waals surface area contributed by atoms with Crippen molar-refractivity contribution in [2.45, 2.75) is 40.0 Å². The lowest BCUT2D eigenvalue weighted by Crippen LogP contribution is -2.20. The van der Waals surface area contributed by atoms with Gasteiger partial charge in [-0.25, -0.2) is 0 Å². The molecule has 0 radical (unpaired) electrons. The third-order valence-corrected chi connectivity index (χ3v) is 3.98. The summed E-state index contributed by atoms with van der Waals surface area (Å²) in [5.41, 5.74) is 7.71. The lowest BCUT2D eigenvalue weighted by molar-refractivity contribution is -0.116. The van der Waals surface area contributed by atoms with Crippen molar-refractivity contribution in [2.24, 2.45) is 11.1 Å². The van der Waals surface area contributed by atoms with Crippen LogP contribution >= 0.6 is 22.6 Å². The van der Waals surface area contributed by atoms with Crippen molar-refractivity contribution in [3.63, 3.8) is 0 Å². The Morgan fingerprint density at radius 2 is 2.05 bits per heavy atom. The van der Waals surface area contributed by atoms with E-state index in [0.717, 1.165) is 24.1 Å². The molecule has 0 aliphatic rings. The molecule has 1 aromatic carbocycles. The van der Waals surface area contributed by atoms with E-state index in [2.05, 4.69) is 47.8 Å². The van der Waals surface area contributed by atoms with Gasteiger partial charge in [0.15, 0.2) is 0 Å². The molecule has 0 aliphatic carbocycles. The Morgan fingerprint density at radius 1 is 1.37 bits per heavy atom. The molecular formula is C15H23IN2O. The number of nitrogens with one attached hydrogen (secondary N) is 1. The monoisotopic (exact) mass is 374 g/mol. The van der Waals surface area contributed by atoms with Crippen molar-refractivity contribution >= 4 is 34.2 Å². The number of hydrogen-bond donors (Lipinski definition) is 2. The number of carbonyl (C=O) groups is 1. The highest BCUT2D eigenvalue weighted by Gasteiger charge is 2.18. The van der Waals surface area contributed by atoms with E-state index in [1.807, 2.05) is 19.1 Å². The van der Waals surface area contributed by atoms with Crippen LogP contribution < -0.4 is 11.1 Å². The van der Waals surface area contributed by atoms with Crippen molar-refractivity contribution in [2.75, 3.05) is 11.9 Å². The van der Waals surface area contributed by atoms with Gasteiger partial charge in [-0.05, 0) is 78.1 Å². The van der Waals surface area contributed by atoms with Crippen LogP contribution in [-0.2, 0) is 4.79 Å². The molecule has 106 valence electrons. The minimum Gasteiger partial charge on any atom is -0.330 e. The van der Waals surface area contributed by atoms with Crippen LogP contribution in [0.4, 0.5) is 5.69 Å². The highest BCUT2D eigenvalue weighted by Crippen LogP contribution is 2.26. The standard InChI is InChI=1S/C15H23IN2O/c1-11-10-12(16)4-5-13(11)18-14(19)6-7-15(2,3)8-9-17/h4-5,10H,6-9,17H2,1-3H3,(H,18,19). The average molecular weight is 374 g/mol. The van der Waals surface area contributed by atoms with E-state index in [-0.39, 0.29) is 11.3 Å². The first kappa shape index (κ1) is 16.4. The summed E-state index contributed by atoms with van der Waals surface area (Å²) in [6, 6.07) is 6.02. The Bertz CT molecular complexity index is 444. The lowest BCUT2D eigenvalue weighted by Gasteiger charge is -2.23. The van der Waals surface area contributed by atoms with Gasteiger partial charge < -0.3 is 11.1 Å². The Balaban J connectivity index is 2.52. The second kappa shape index (κ2) is 7.24. The summed E-state index contributed by atoms with van der Waals surface area (Å²) in [6.45, 7) is 6.99. The van der Waals surface area contributed by atoms with Crippen molar-refractivity contribution in [3.05, 3.63) is 27.3 Å². The van der Waals surface area contributed by atoms with Crippen LogP contribution in [0.1, 0.15) is 38.7 Å². The summed E-state index contributed by atoms with van der Waals surface area (Å²) < 4.78 is 1.18. The lowest BCUT2D eigenvalue weighted by atomic mass is 9.84. The van der Waals surface area contributed by atoms with Gasteiger partial charge in [0.05, 0.1) is 0 Å². The first-order valence-corrected chi connectivity index (χ1v) is 7.68. The number of nitrogens with two attached hydrogens (primary N) is 1. The molecule has 19 heavy (non-hydrogen) atoms. The van der Waals surface area contributed by atoms with Gasteiger partial charge in [0.25, 0.3) is 0 Å². The van der Waals surface area contributed by atoms with E-state index in [1.165, 1.54) is 3.57 Å². The summed E-state index contributed by atoms with van der Waals surface area (Å²) in [5, 5.41) is 2.98. The molecule has 0 heterocycles. The molecule has 3 N–H and O–H groups in total. The van der Waals surface area contributed by atoms with E-state index in [1.54, 1.807) is 0 Å². The number of hydrogen-bond acceptors (Lipinski definition) is 2. The van der Waals surface area contributed by atoms with Gasteiger partial charge in [0, 0.05) is 15.7 Å². The van der Waals surface area contributed by atoms with E-state index in [0.29, 0.717) is 13.0 Å². The van der Waals surface area contributed by atoms with Gasteiger partial charge in [-0.3, -0.25) is 4.79 Å². The third-order valence-electron chi connectivity index (χ3n) is 3.31. The Labute approximate surface area is 129 Å². The second-order valence-electron chi connectivity index (χ2n) is 5.71. The molecule has 0 spiro atoms. The molecule has 0 aromatic heterocycles. The normalized spacial score (nSPS) is 11.4. The zero-order valence-corrected chi connectivity index (χ0v) is 14.1. The fourth-order valence-corrected chi connectivity index (χ4v) is 2.59. The fraction of sp³-hybridized carbons (Fsp3) is 0.533. The Kier molecular flexibility index (Phi) is 6.26. The van der Waals surface area contributed by atoms with Crippen LogP contribution in [0, 0.1) is 15.9 Å². The van der Waals surface area contributed by atoms with Crippen molar-refractivity contribution in [3.8, 4) is 0 Å². The van der Waals surface area contributed by atoms with Gasteiger partial charge in [-0.1, -0.05) is 13.8 Å². The minimum absolute atomic E-state index is 0.0782. The number of rotatable bonds is 6. The van der Waals surface area contributed by atoms with Crippen LogP contribution in [0.2, 0.25) is 0 Å². The maximum Gasteiger partial charge on any atom is 0.224 e. The molecule has 1 aromatic rings. The molecule has 1 rings (SSSR count). The fourth-order valence-electron chi connectivity index (χ4n) is 1.95. The Morgan fingerprint density at radius 3 is 2.63 bits per heavy atom. The SMILES string of the molecule is Cc1cc(I)ccc1NC(=O)CCC(C)(C)CCN. The van der Waals surface area contributed by atoms with Crippen molar-refractivity contribution in [1.82, 2.24) is 0 Å². The topological polar surface area (TPSA) is 55.1 Å². The number of benzene rings is 1. The predicted molar refractivity (Wildman–Crippen MR) is 89.2 cm³/mol. The van der Waals surface area contributed by atoms with E-state index in [4.69, 9.17) is 5.73 Å². The number of amides is 1. The highest BCUT2D eigenvalue weighted by atomic mass is 127. The highest BCUT2D eigenvalue weighted by molar-refractivity contribution is 14.1. The summed E-state index contributed by atoms with van der Waals surface area (Å²) in [4.78, 5) is 12.0. The summed E-state index contributed by atoms with van der Waals surface area (Å²) in [5.74, 6) is 0.0782. The number of aryl methyl sites for hydroxylation is 1. The predicted octanol–water partition coefficient (Wildman–Crippen LogP) is 3.69. The van der Waals surface area contributed by atoms with Crippen molar-refractivity contribution in [1.29, 1.82) is 0 Å². The van der Waals surface area contributed by atoms with Gasteiger partial charge in [-0.2, -0.15) is 0 Å². The molecule has 0 bridgehead atoms. The van der Waals surface area contributed by atoms with Crippen molar-refractivity contribution < 1.29 is 4.79 Å². The molecule has 0 atom stereocenters. The molecule has 0 saturated carbocycles. The molecule has 0 unspecified atom stereocenters. The van der Waals surface area contributed by atoms with Crippen LogP contribution in [0.5, 0.6) is 0 Å². The summed E-state index contributed by atoms with van der Waals surface area (Å²) in [7, 11) is 0. The quantitative estimate of drug-likeness (QED) is 0.747. The first-order valence-electron chi connectivity index (χ1n) is 6.60. The van der Waals surface area contributed by atoms with Crippen LogP contribution in [-0.4, -0.2) is 12.5 Å². The molecule has 4 heteroatoms. The molecule has 0 aliphatic heterocycles. The molecule has 1 amide bonds. The molecular weight excluding hydrogens is 351 g/mol. The van der Waals surface area contributed by atoms with E-state index >= 15 is 0 Å². The largest absolute Gasteiger partial charge is 0.330 e. The zero-order valence-electron chi connectivity index (χ0n) is 11.9. The maximum atomic E-state index is 12.0. The van der Waals surface area contributed by atoms with Gasteiger partial charge in [0.2, 0.25) is 5.91 Å². The summed E-state index contributed by atoms with van der Waals surface area (Å²) in [6.07, 6.45) is 2.35. The van der Waals surface area contributed by atoms with Gasteiger partial charge in [0.1, 0.15) is 0 Å². The zero-order chi connectivity index (χ0) is 14.5. The molecule has 0 saturated heterocycles. The Hall–Kier alpha value is -0.620. The second-order valence-corrected chi connectivity index (χ2v) is 6.96.